The summed E-state index contributed by atoms with van der Waals surface area (Å²) in [5, 5.41) is 11.5. The average Bonchev–Trinajstić information content (AvgIpc) is 2.27. The van der Waals surface area contributed by atoms with Crippen molar-refractivity contribution in [2.24, 2.45) is 5.73 Å². The van der Waals surface area contributed by atoms with Crippen molar-refractivity contribution >= 4 is 17.6 Å². The lowest BCUT2D eigenvalue weighted by atomic mass is 10.1. The van der Waals surface area contributed by atoms with Crippen LogP contribution in [0.3, 0.4) is 0 Å². The summed E-state index contributed by atoms with van der Waals surface area (Å²) in [6.07, 6.45) is 0.409. The molecule has 18 heavy (non-hydrogen) atoms. The highest BCUT2D eigenvalue weighted by Crippen LogP contribution is 2.20. The number of hydrogen-bond donors (Lipinski definition) is 3. The molecular weight excluding hydrogens is 239 g/mol. The largest absolute Gasteiger partial charge is 0.481 e. The molecule has 0 spiro atoms. The molecule has 1 aromatic rings. The maximum Gasteiger partial charge on any atom is 0.305 e. The molecule has 4 N–H and O–H groups in total. The summed E-state index contributed by atoms with van der Waals surface area (Å²) < 4.78 is 13.5. The molecule has 1 unspecified atom stereocenters. The number of halogens is 1. The molecule has 0 aliphatic carbocycles. The highest BCUT2D eigenvalue weighted by Gasteiger charge is 2.17. The quantitative estimate of drug-likeness (QED) is 0.718. The zero-order chi connectivity index (χ0) is 13.7. The van der Waals surface area contributed by atoms with Crippen molar-refractivity contribution in [1.29, 1.82) is 0 Å². The minimum atomic E-state index is -0.966. The van der Waals surface area contributed by atoms with Crippen molar-refractivity contribution in [2.45, 2.75) is 25.8 Å². The Morgan fingerprint density at radius 1 is 1.50 bits per heavy atom. The molecule has 0 radical (unpaired) electrons. The molecule has 0 aliphatic heterocycles. The fourth-order valence-electron chi connectivity index (χ4n) is 1.62. The van der Waals surface area contributed by atoms with Gasteiger partial charge in [0.1, 0.15) is 5.82 Å². The molecular formula is C12H15FN2O3. The third-order valence-corrected chi connectivity index (χ3v) is 2.53. The Labute approximate surface area is 104 Å². The Morgan fingerprint density at radius 2 is 2.17 bits per heavy atom. The standard InChI is InChI=1S/C12H15FN2O3/c1-2-7(6-10(16)17)15-9-5-3-4-8(13)11(9)12(14)18/h3-5,7,15H,2,6H2,1H3,(H2,14,18)(H,16,17). The molecule has 0 saturated carbocycles. The lowest BCUT2D eigenvalue weighted by Gasteiger charge is -2.18. The van der Waals surface area contributed by atoms with E-state index < -0.39 is 17.7 Å². The highest BCUT2D eigenvalue weighted by molar-refractivity contribution is 5.98. The summed E-state index contributed by atoms with van der Waals surface area (Å²) in [4.78, 5) is 21.8. The van der Waals surface area contributed by atoms with Gasteiger partial charge in [0.2, 0.25) is 0 Å². The summed E-state index contributed by atoms with van der Waals surface area (Å²) in [5.41, 5.74) is 5.07. The Bertz CT molecular complexity index is 463. The predicted molar refractivity (Wildman–Crippen MR) is 64.9 cm³/mol. The fraction of sp³-hybridized carbons (Fsp3) is 0.333. The number of carboxylic acid groups (broad SMARTS) is 1. The molecule has 0 aliphatic rings. The van der Waals surface area contributed by atoms with Crippen LogP contribution in [0.15, 0.2) is 18.2 Å². The Balaban J connectivity index is 2.99. The minimum absolute atomic E-state index is 0.120. The summed E-state index contributed by atoms with van der Waals surface area (Å²) in [7, 11) is 0. The van der Waals surface area contributed by atoms with Gasteiger partial charge in [-0.05, 0) is 18.6 Å². The van der Waals surface area contributed by atoms with E-state index >= 15 is 0 Å². The maximum absolute atomic E-state index is 13.5. The smallest absolute Gasteiger partial charge is 0.305 e. The number of amides is 1. The number of carbonyl (C=O) groups excluding carboxylic acids is 1. The molecule has 0 aromatic heterocycles. The number of benzene rings is 1. The minimum Gasteiger partial charge on any atom is -0.481 e. The molecule has 6 heteroatoms. The van der Waals surface area contributed by atoms with E-state index in [4.69, 9.17) is 10.8 Å². The number of rotatable bonds is 6. The topological polar surface area (TPSA) is 92.4 Å². The van der Waals surface area contributed by atoms with E-state index in [1.165, 1.54) is 12.1 Å². The number of anilines is 1. The lowest BCUT2D eigenvalue weighted by Crippen LogP contribution is -2.25. The van der Waals surface area contributed by atoms with E-state index in [0.717, 1.165) is 6.07 Å². The Hall–Kier alpha value is -2.11. The number of carboxylic acids is 1. The molecule has 1 amide bonds. The molecule has 1 aromatic carbocycles. The summed E-state index contributed by atoms with van der Waals surface area (Å²) in [6, 6.07) is 3.66. The van der Waals surface area contributed by atoms with Gasteiger partial charge in [-0.3, -0.25) is 9.59 Å². The van der Waals surface area contributed by atoms with E-state index in [0.29, 0.717) is 6.42 Å². The Morgan fingerprint density at radius 3 is 2.67 bits per heavy atom. The van der Waals surface area contributed by atoms with Crippen LogP contribution >= 0.6 is 0 Å². The zero-order valence-corrected chi connectivity index (χ0v) is 9.94. The van der Waals surface area contributed by atoms with Crippen LogP contribution in [-0.2, 0) is 4.79 Å². The van der Waals surface area contributed by atoms with Crippen LogP contribution in [0.4, 0.5) is 10.1 Å². The van der Waals surface area contributed by atoms with Crippen molar-refractivity contribution < 1.29 is 19.1 Å². The van der Waals surface area contributed by atoms with Gasteiger partial charge in [-0.1, -0.05) is 13.0 Å². The second kappa shape index (κ2) is 6.00. The van der Waals surface area contributed by atoms with E-state index in [9.17, 15) is 14.0 Å². The van der Waals surface area contributed by atoms with Gasteiger partial charge in [0.15, 0.2) is 0 Å². The van der Waals surface area contributed by atoms with Gasteiger partial charge in [0, 0.05) is 6.04 Å². The monoisotopic (exact) mass is 254 g/mol. The van der Waals surface area contributed by atoms with Crippen molar-refractivity contribution in [3.63, 3.8) is 0 Å². The van der Waals surface area contributed by atoms with Crippen LogP contribution < -0.4 is 11.1 Å². The first-order valence-electron chi connectivity index (χ1n) is 5.52. The third kappa shape index (κ3) is 3.44. The van der Waals surface area contributed by atoms with Gasteiger partial charge >= 0.3 is 5.97 Å². The number of primary amides is 1. The summed E-state index contributed by atoms with van der Waals surface area (Å²) in [5.74, 6) is -2.58. The number of hydrogen-bond acceptors (Lipinski definition) is 3. The van der Waals surface area contributed by atoms with E-state index in [1.54, 1.807) is 6.92 Å². The Kier molecular flexibility index (Phi) is 4.65. The van der Waals surface area contributed by atoms with Crippen LogP contribution in [0.2, 0.25) is 0 Å². The van der Waals surface area contributed by atoms with Gasteiger partial charge in [-0.25, -0.2) is 4.39 Å². The summed E-state index contributed by atoms with van der Waals surface area (Å²) >= 11 is 0. The maximum atomic E-state index is 13.5. The van der Waals surface area contributed by atoms with Crippen LogP contribution in [0.25, 0.3) is 0 Å². The van der Waals surface area contributed by atoms with Crippen molar-refractivity contribution in [3.05, 3.63) is 29.6 Å². The third-order valence-electron chi connectivity index (χ3n) is 2.53. The molecule has 5 nitrogen and oxygen atoms in total. The van der Waals surface area contributed by atoms with Gasteiger partial charge in [0.05, 0.1) is 17.7 Å². The fourth-order valence-corrected chi connectivity index (χ4v) is 1.62. The highest BCUT2D eigenvalue weighted by atomic mass is 19.1. The summed E-state index contributed by atoms with van der Waals surface area (Å²) in [6.45, 7) is 1.80. The van der Waals surface area contributed by atoms with Gasteiger partial charge in [0.25, 0.3) is 5.91 Å². The lowest BCUT2D eigenvalue weighted by molar-refractivity contribution is -0.137. The normalized spacial score (nSPS) is 11.9. The number of aliphatic carboxylic acids is 1. The molecule has 98 valence electrons. The SMILES string of the molecule is CCC(CC(=O)O)Nc1cccc(F)c1C(N)=O. The molecule has 1 rings (SSSR count). The van der Waals surface area contributed by atoms with E-state index in [1.807, 2.05) is 0 Å². The zero-order valence-electron chi connectivity index (χ0n) is 9.94. The average molecular weight is 254 g/mol. The first-order chi connectivity index (χ1) is 8.45. The second-order valence-electron chi connectivity index (χ2n) is 3.87. The van der Waals surface area contributed by atoms with E-state index in [2.05, 4.69) is 5.32 Å². The van der Waals surface area contributed by atoms with Gasteiger partial charge in [-0.2, -0.15) is 0 Å². The van der Waals surface area contributed by atoms with Crippen LogP contribution in [0.5, 0.6) is 0 Å². The van der Waals surface area contributed by atoms with Gasteiger partial charge < -0.3 is 16.2 Å². The molecule has 0 heterocycles. The van der Waals surface area contributed by atoms with Gasteiger partial charge in [-0.15, -0.1) is 0 Å². The molecule has 0 bridgehead atoms. The first kappa shape index (κ1) is 14.0. The second-order valence-corrected chi connectivity index (χ2v) is 3.87. The van der Waals surface area contributed by atoms with Crippen molar-refractivity contribution in [1.82, 2.24) is 0 Å². The number of nitrogens with one attached hydrogen (secondary N) is 1. The van der Waals surface area contributed by atoms with Crippen LogP contribution in [0, 0.1) is 5.82 Å². The number of nitrogens with two attached hydrogens (primary N) is 1. The first-order valence-corrected chi connectivity index (χ1v) is 5.52. The van der Waals surface area contributed by atoms with Crippen LogP contribution in [-0.4, -0.2) is 23.0 Å². The molecule has 0 saturated heterocycles. The molecule has 0 fully saturated rings. The number of carbonyl (C=O) groups is 2. The van der Waals surface area contributed by atoms with Crippen LogP contribution in [0.1, 0.15) is 30.1 Å². The van der Waals surface area contributed by atoms with Crippen molar-refractivity contribution in [2.75, 3.05) is 5.32 Å². The van der Waals surface area contributed by atoms with Crippen molar-refractivity contribution in [3.8, 4) is 0 Å². The van der Waals surface area contributed by atoms with E-state index in [-0.39, 0.29) is 23.7 Å². The predicted octanol–water partition coefficient (Wildman–Crippen LogP) is 1.59. The molecule has 1 atom stereocenters.